The lowest BCUT2D eigenvalue weighted by atomic mass is 9.87. The lowest BCUT2D eigenvalue weighted by molar-refractivity contribution is -0.118. The Kier molecular flexibility index (Phi) is 10.5. The molecular formula is C23H35FN2O3S2. The van der Waals surface area contributed by atoms with Crippen molar-refractivity contribution in [1.29, 1.82) is 0 Å². The van der Waals surface area contributed by atoms with E-state index in [0.717, 1.165) is 21.6 Å². The second-order valence-electron chi connectivity index (χ2n) is 8.38. The van der Waals surface area contributed by atoms with E-state index in [2.05, 4.69) is 9.71 Å². The van der Waals surface area contributed by atoms with E-state index in [1.807, 2.05) is 55.4 Å². The number of thiazole rings is 1. The third-order valence-corrected chi connectivity index (χ3v) is 7.47. The monoisotopic (exact) mass is 470 g/mol. The lowest BCUT2D eigenvalue weighted by Gasteiger charge is -2.19. The first-order valence-electron chi connectivity index (χ1n) is 10.6. The predicted molar refractivity (Wildman–Crippen MR) is 126 cm³/mol. The van der Waals surface area contributed by atoms with E-state index in [4.69, 9.17) is 0 Å². The summed E-state index contributed by atoms with van der Waals surface area (Å²) in [5.74, 6) is -0.610. The largest absolute Gasteiger partial charge is 0.395 e. The highest BCUT2D eigenvalue weighted by molar-refractivity contribution is 7.85. The molecule has 0 saturated carbocycles. The van der Waals surface area contributed by atoms with Crippen molar-refractivity contribution in [2.24, 2.45) is 0 Å². The molecule has 5 nitrogen and oxygen atoms in total. The van der Waals surface area contributed by atoms with Gasteiger partial charge in [-0.05, 0) is 40.7 Å². The number of nitrogens with one attached hydrogen (secondary N) is 1. The molecule has 1 aromatic heterocycles. The summed E-state index contributed by atoms with van der Waals surface area (Å²) in [6.45, 7) is 15.5. The molecular weight excluding hydrogens is 435 g/mol. The Morgan fingerprint density at radius 2 is 1.71 bits per heavy atom. The quantitative estimate of drug-likeness (QED) is 0.555. The fraction of sp³-hybridized carbons (Fsp3) is 0.565. The zero-order chi connectivity index (χ0) is 23.9. The third kappa shape index (κ3) is 7.19. The number of carbonyl (C=O) groups is 1. The summed E-state index contributed by atoms with van der Waals surface area (Å²) in [5.41, 5.74) is 1.87. The zero-order valence-electron chi connectivity index (χ0n) is 19.7. The maximum atomic E-state index is 14.1. The third-order valence-electron chi connectivity index (χ3n) is 4.78. The topological polar surface area (TPSA) is 79.3 Å². The Bertz CT molecular complexity index is 879. The normalized spacial score (nSPS) is 12.5. The van der Waals surface area contributed by atoms with E-state index in [1.165, 1.54) is 23.5 Å². The Morgan fingerprint density at radius 1 is 1.19 bits per heavy atom. The van der Waals surface area contributed by atoms with Crippen LogP contribution in [0.1, 0.15) is 88.8 Å². The molecule has 31 heavy (non-hydrogen) atoms. The van der Waals surface area contributed by atoms with Crippen molar-refractivity contribution in [2.75, 3.05) is 6.61 Å². The van der Waals surface area contributed by atoms with Gasteiger partial charge in [0.1, 0.15) is 5.82 Å². The van der Waals surface area contributed by atoms with Crippen LogP contribution in [-0.2, 0) is 27.6 Å². The minimum absolute atomic E-state index is 0.0212. The van der Waals surface area contributed by atoms with Crippen LogP contribution in [0.15, 0.2) is 22.7 Å². The number of aromatic nitrogens is 1. The molecule has 2 aromatic rings. The van der Waals surface area contributed by atoms with Crippen LogP contribution in [0, 0.1) is 5.82 Å². The molecule has 0 aliphatic heterocycles. The number of benzene rings is 1. The first-order chi connectivity index (χ1) is 14.5. The summed E-state index contributed by atoms with van der Waals surface area (Å²) >= 11 is 1.20. The summed E-state index contributed by atoms with van der Waals surface area (Å²) < 4.78 is 29.4. The number of aliphatic hydroxyl groups is 1. The molecule has 1 amide bonds. The fourth-order valence-electron chi connectivity index (χ4n) is 2.99. The van der Waals surface area contributed by atoms with Gasteiger partial charge in [-0.1, -0.05) is 55.4 Å². The second kappa shape index (κ2) is 11.8. The molecule has 0 aliphatic carbocycles. The number of rotatable bonds is 8. The molecule has 0 saturated heterocycles. The van der Waals surface area contributed by atoms with E-state index in [1.54, 1.807) is 6.20 Å². The molecule has 174 valence electrons. The average Bonchev–Trinajstić information content (AvgIpc) is 3.21. The van der Waals surface area contributed by atoms with Gasteiger partial charge < -0.3 is 5.11 Å². The van der Waals surface area contributed by atoms with Crippen LogP contribution >= 0.6 is 11.3 Å². The van der Waals surface area contributed by atoms with Crippen LogP contribution in [0.25, 0.3) is 0 Å². The van der Waals surface area contributed by atoms with Crippen LogP contribution in [0.3, 0.4) is 0 Å². The van der Waals surface area contributed by atoms with Gasteiger partial charge in [-0.2, -0.15) is 0 Å². The zero-order valence-corrected chi connectivity index (χ0v) is 21.3. The van der Waals surface area contributed by atoms with Crippen LogP contribution in [0.2, 0.25) is 0 Å². The van der Waals surface area contributed by atoms with Gasteiger partial charge in [0.05, 0.1) is 13.0 Å². The number of nitrogens with zero attached hydrogens (tertiary/aromatic N) is 1. The number of amides is 1. The van der Waals surface area contributed by atoms with Crippen LogP contribution in [0.4, 0.5) is 4.39 Å². The molecule has 0 radical (unpaired) electrons. The second-order valence-corrected chi connectivity index (χ2v) is 10.8. The fourth-order valence-corrected chi connectivity index (χ4v) is 4.94. The SMILES string of the molecule is CC.CC(C)c1cc(F)cc(C(C)C)c1CC(=O)NS(=O)c1ncc(C(C)(C)CO)s1. The van der Waals surface area contributed by atoms with Gasteiger partial charge in [0.25, 0.3) is 0 Å². The summed E-state index contributed by atoms with van der Waals surface area (Å²) in [4.78, 5) is 17.6. The predicted octanol–water partition coefficient (Wildman–Crippen LogP) is 5.21. The molecule has 1 heterocycles. The van der Waals surface area contributed by atoms with Gasteiger partial charge in [0.15, 0.2) is 11.0 Å². The highest BCUT2D eigenvalue weighted by Crippen LogP contribution is 2.31. The number of aliphatic hydroxyl groups excluding tert-OH is 1. The molecule has 8 heteroatoms. The van der Waals surface area contributed by atoms with Gasteiger partial charge in [0.2, 0.25) is 10.2 Å². The van der Waals surface area contributed by atoms with Crippen molar-refractivity contribution in [1.82, 2.24) is 9.71 Å². The van der Waals surface area contributed by atoms with E-state index in [9.17, 15) is 18.5 Å². The number of carbonyl (C=O) groups excluding carboxylic acids is 1. The first-order valence-corrected chi connectivity index (χ1v) is 12.5. The minimum atomic E-state index is -1.79. The minimum Gasteiger partial charge on any atom is -0.395 e. The van der Waals surface area contributed by atoms with Crippen molar-refractivity contribution < 1.29 is 18.5 Å². The Hall–Kier alpha value is -1.64. The van der Waals surface area contributed by atoms with E-state index in [0.29, 0.717) is 0 Å². The molecule has 2 rings (SSSR count). The number of halogens is 1. The summed E-state index contributed by atoms with van der Waals surface area (Å²) in [6.07, 6.45) is 1.60. The van der Waals surface area contributed by atoms with Gasteiger partial charge in [-0.3, -0.25) is 9.52 Å². The Labute approximate surface area is 192 Å². The highest BCUT2D eigenvalue weighted by Gasteiger charge is 2.25. The molecule has 2 N–H and O–H groups in total. The standard InChI is InChI=1S/C21H29FN2O3S2.C2H6/c1-12(2)15-7-14(22)8-16(13(3)4)17(15)9-19(26)24-29(27)20-23-10-18(28-20)21(5,6)11-25;1-2/h7-8,10,12-13,25H,9,11H2,1-6H3,(H,24,26);1-2H3. The van der Waals surface area contributed by atoms with Crippen LogP contribution in [-0.4, -0.2) is 26.8 Å². The number of hydrogen-bond acceptors (Lipinski definition) is 5. The van der Waals surface area contributed by atoms with E-state index in [-0.39, 0.29) is 35.0 Å². The van der Waals surface area contributed by atoms with Gasteiger partial charge in [-0.25, -0.2) is 13.6 Å². The van der Waals surface area contributed by atoms with Gasteiger partial charge in [0, 0.05) is 16.5 Å². The molecule has 0 fully saturated rings. The highest BCUT2D eigenvalue weighted by atomic mass is 32.2. The molecule has 0 aliphatic rings. The average molecular weight is 471 g/mol. The molecule has 1 unspecified atom stereocenters. The molecule has 0 bridgehead atoms. The van der Waals surface area contributed by atoms with Crippen LogP contribution < -0.4 is 4.72 Å². The summed E-state index contributed by atoms with van der Waals surface area (Å²) in [6, 6.07) is 2.94. The van der Waals surface area contributed by atoms with Gasteiger partial charge in [-0.15, -0.1) is 11.3 Å². The first kappa shape index (κ1) is 27.4. The Morgan fingerprint density at radius 3 is 2.16 bits per heavy atom. The van der Waals surface area contributed by atoms with Crippen LogP contribution in [0.5, 0.6) is 0 Å². The molecule has 1 aromatic carbocycles. The van der Waals surface area contributed by atoms with Gasteiger partial charge >= 0.3 is 0 Å². The smallest absolute Gasteiger partial charge is 0.236 e. The van der Waals surface area contributed by atoms with Crippen molar-refractivity contribution in [2.45, 2.75) is 83.4 Å². The maximum Gasteiger partial charge on any atom is 0.236 e. The maximum absolute atomic E-state index is 14.1. The molecule has 0 spiro atoms. The lowest BCUT2D eigenvalue weighted by Crippen LogP contribution is -2.28. The van der Waals surface area contributed by atoms with Crippen molar-refractivity contribution >= 4 is 28.2 Å². The summed E-state index contributed by atoms with van der Waals surface area (Å²) in [7, 11) is -1.79. The van der Waals surface area contributed by atoms with Crippen molar-refractivity contribution in [3.05, 3.63) is 45.7 Å². The van der Waals surface area contributed by atoms with Crippen molar-refractivity contribution in [3.63, 3.8) is 0 Å². The molecule has 1 atom stereocenters. The van der Waals surface area contributed by atoms with E-state index >= 15 is 0 Å². The van der Waals surface area contributed by atoms with E-state index < -0.39 is 22.3 Å². The summed E-state index contributed by atoms with van der Waals surface area (Å²) in [5, 5.41) is 9.47. The number of hydrogen-bond donors (Lipinski definition) is 2. The Balaban J connectivity index is 0.00000233. The van der Waals surface area contributed by atoms with Crippen molar-refractivity contribution in [3.8, 4) is 0 Å².